The Balaban J connectivity index is 1.76. The molecule has 0 fully saturated rings. The maximum atomic E-state index is 14.3. The summed E-state index contributed by atoms with van der Waals surface area (Å²) in [5.41, 5.74) is 1.57. The van der Waals surface area contributed by atoms with E-state index in [1.165, 1.54) is 0 Å². The molecule has 32 heavy (non-hydrogen) atoms. The van der Waals surface area contributed by atoms with E-state index in [0.717, 1.165) is 6.20 Å². The minimum atomic E-state index is -0.619. The second-order valence-electron chi connectivity index (χ2n) is 7.16. The van der Waals surface area contributed by atoms with Crippen molar-refractivity contribution in [2.75, 3.05) is 18.5 Å². The van der Waals surface area contributed by atoms with Crippen LogP contribution in [0.1, 0.15) is 35.3 Å². The Morgan fingerprint density at radius 1 is 1.16 bits per heavy atom. The summed E-state index contributed by atoms with van der Waals surface area (Å²) in [5, 5.41) is 25.2. The van der Waals surface area contributed by atoms with E-state index < -0.39 is 17.8 Å². The van der Waals surface area contributed by atoms with E-state index in [-0.39, 0.29) is 30.9 Å². The summed E-state index contributed by atoms with van der Waals surface area (Å²) in [4.78, 5) is 20.8. The second kappa shape index (κ2) is 11.0. The highest BCUT2D eigenvalue weighted by atomic mass is 35.5. The van der Waals surface area contributed by atoms with Crippen LogP contribution in [0.25, 0.3) is 11.3 Å². The molecule has 9 heteroatoms. The van der Waals surface area contributed by atoms with Crippen molar-refractivity contribution >= 4 is 23.5 Å². The highest BCUT2D eigenvalue weighted by Gasteiger charge is 2.17. The number of anilines is 1. The molecule has 0 aliphatic carbocycles. The predicted molar refractivity (Wildman–Crippen MR) is 121 cm³/mol. The van der Waals surface area contributed by atoms with E-state index in [1.54, 1.807) is 48.5 Å². The zero-order valence-electron chi connectivity index (χ0n) is 17.4. The average Bonchev–Trinajstić information content (AvgIpc) is 2.82. The molecule has 0 aliphatic heterocycles. The maximum Gasteiger partial charge on any atom is 0.251 e. The first-order valence-corrected chi connectivity index (χ1v) is 10.5. The molecule has 7 nitrogen and oxygen atoms in total. The Labute approximate surface area is 190 Å². The molecule has 2 aromatic carbocycles. The Bertz CT molecular complexity index is 1060. The Morgan fingerprint density at radius 3 is 2.53 bits per heavy atom. The van der Waals surface area contributed by atoms with Gasteiger partial charge in [-0.2, -0.15) is 0 Å². The molecule has 0 aliphatic rings. The van der Waals surface area contributed by atoms with Gasteiger partial charge in [-0.3, -0.25) is 4.79 Å². The van der Waals surface area contributed by atoms with Crippen LogP contribution in [0.2, 0.25) is 5.02 Å². The summed E-state index contributed by atoms with van der Waals surface area (Å²) >= 11 is 5.99. The topological polar surface area (TPSA) is 107 Å². The molecule has 1 amide bonds. The second-order valence-corrected chi connectivity index (χ2v) is 7.60. The van der Waals surface area contributed by atoms with Gasteiger partial charge >= 0.3 is 0 Å². The molecule has 0 saturated carbocycles. The van der Waals surface area contributed by atoms with Gasteiger partial charge in [0, 0.05) is 16.1 Å². The lowest BCUT2D eigenvalue weighted by atomic mass is 10.1. The number of aliphatic hydroxyl groups excluding tert-OH is 2. The van der Waals surface area contributed by atoms with Gasteiger partial charge in [0.25, 0.3) is 5.91 Å². The molecule has 1 unspecified atom stereocenters. The predicted octanol–water partition coefficient (Wildman–Crippen LogP) is 3.58. The lowest BCUT2D eigenvalue weighted by Crippen LogP contribution is -2.30. The molecular formula is C23H24ClFN4O3. The molecule has 2 atom stereocenters. The molecule has 4 N–H and O–H groups in total. The summed E-state index contributed by atoms with van der Waals surface area (Å²) in [6.07, 6.45) is 1.71. The number of hydrogen-bond donors (Lipinski definition) is 4. The number of benzene rings is 2. The lowest BCUT2D eigenvalue weighted by molar-refractivity contribution is 0.0916. The fourth-order valence-corrected chi connectivity index (χ4v) is 3.28. The highest BCUT2D eigenvalue weighted by molar-refractivity contribution is 6.30. The van der Waals surface area contributed by atoms with Crippen LogP contribution in [-0.2, 0) is 0 Å². The van der Waals surface area contributed by atoms with Crippen LogP contribution in [0.3, 0.4) is 0 Å². The number of amides is 1. The fraction of sp³-hybridized carbons (Fsp3) is 0.261. The highest BCUT2D eigenvalue weighted by Crippen LogP contribution is 2.23. The van der Waals surface area contributed by atoms with Gasteiger partial charge < -0.3 is 20.8 Å². The van der Waals surface area contributed by atoms with Crippen molar-refractivity contribution in [3.63, 3.8) is 0 Å². The number of rotatable bonds is 9. The number of aromatic nitrogens is 2. The first kappa shape index (κ1) is 23.6. The van der Waals surface area contributed by atoms with Gasteiger partial charge in [0.1, 0.15) is 5.69 Å². The molecule has 3 aromatic rings. The molecule has 3 rings (SSSR count). The third-order valence-corrected chi connectivity index (χ3v) is 5.19. The van der Waals surface area contributed by atoms with E-state index in [4.69, 9.17) is 11.6 Å². The lowest BCUT2D eigenvalue weighted by Gasteiger charge is -2.17. The number of hydrogen-bond acceptors (Lipinski definition) is 6. The van der Waals surface area contributed by atoms with Gasteiger partial charge in [0.15, 0.2) is 5.82 Å². The summed E-state index contributed by atoms with van der Waals surface area (Å²) in [6, 6.07) is 12.3. The number of nitrogens with zero attached hydrogens (tertiary/aromatic N) is 2. The quantitative estimate of drug-likeness (QED) is 0.390. The molecule has 0 spiro atoms. The van der Waals surface area contributed by atoms with Gasteiger partial charge in [0.05, 0.1) is 31.5 Å². The number of carbonyl (C=O) groups is 1. The van der Waals surface area contributed by atoms with Crippen LogP contribution in [0.4, 0.5) is 10.3 Å². The summed E-state index contributed by atoms with van der Waals surface area (Å²) in [6.45, 7) is 1.51. The third-order valence-electron chi connectivity index (χ3n) is 4.95. The Kier molecular flexibility index (Phi) is 8.10. The number of aliphatic hydroxyl groups is 2. The number of carbonyl (C=O) groups excluding carboxylic acids is 1. The standard InChI is InChI=1S/C23H24ClFN4O3/c1-2-18(12-30)27-23-26-11-19(25)21(29-23)14-6-8-15(9-7-14)22(32)28-20(13-31)16-4-3-5-17(24)10-16/h3-11,18,20,30-31H,2,12-13H2,1H3,(H,28,32)(H,26,27,29)/t18-,20?/m0/s1. The van der Waals surface area contributed by atoms with Crippen molar-refractivity contribution in [3.8, 4) is 11.3 Å². The minimum Gasteiger partial charge on any atom is -0.394 e. The third kappa shape index (κ3) is 5.79. The van der Waals surface area contributed by atoms with Crippen LogP contribution >= 0.6 is 11.6 Å². The molecule has 0 saturated heterocycles. The van der Waals surface area contributed by atoms with Crippen LogP contribution in [0.15, 0.2) is 54.7 Å². The minimum absolute atomic E-state index is 0.0782. The molecular weight excluding hydrogens is 435 g/mol. The van der Waals surface area contributed by atoms with E-state index in [1.807, 2.05) is 6.92 Å². The van der Waals surface area contributed by atoms with E-state index in [2.05, 4.69) is 20.6 Å². The van der Waals surface area contributed by atoms with Crippen LogP contribution < -0.4 is 10.6 Å². The van der Waals surface area contributed by atoms with Crippen molar-refractivity contribution in [1.82, 2.24) is 15.3 Å². The molecule has 1 aromatic heterocycles. The Morgan fingerprint density at radius 2 is 1.91 bits per heavy atom. The van der Waals surface area contributed by atoms with E-state index >= 15 is 0 Å². The largest absolute Gasteiger partial charge is 0.394 e. The SMILES string of the molecule is CC[C@@H](CO)Nc1ncc(F)c(-c2ccc(C(=O)NC(CO)c3cccc(Cl)c3)cc2)n1. The summed E-state index contributed by atoms with van der Waals surface area (Å²) < 4.78 is 14.3. The molecule has 1 heterocycles. The fourth-order valence-electron chi connectivity index (χ4n) is 3.08. The van der Waals surface area contributed by atoms with Gasteiger partial charge in [0.2, 0.25) is 5.95 Å². The zero-order chi connectivity index (χ0) is 23.1. The summed E-state index contributed by atoms with van der Waals surface area (Å²) in [7, 11) is 0. The molecule has 0 radical (unpaired) electrons. The smallest absolute Gasteiger partial charge is 0.251 e. The molecule has 0 bridgehead atoms. The maximum absolute atomic E-state index is 14.3. The normalized spacial score (nSPS) is 12.8. The van der Waals surface area contributed by atoms with Crippen molar-refractivity contribution in [2.24, 2.45) is 0 Å². The van der Waals surface area contributed by atoms with Crippen LogP contribution in [-0.4, -0.2) is 45.3 Å². The van der Waals surface area contributed by atoms with Crippen molar-refractivity contribution in [1.29, 1.82) is 0 Å². The van der Waals surface area contributed by atoms with Gasteiger partial charge in [-0.15, -0.1) is 0 Å². The average molecular weight is 459 g/mol. The van der Waals surface area contributed by atoms with Gasteiger partial charge in [-0.05, 0) is 36.2 Å². The van der Waals surface area contributed by atoms with Crippen molar-refractivity contribution < 1.29 is 19.4 Å². The first-order valence-electron chi connectivity index (χ1n) is 10.1. The van der Waals surface area contributed by atoms with Crippen LogP contribution in [0.5, 0.6) is 0 Å². The van der Waals surface area contributed by atoms with Crippen LogP contribution in [0, 0.1) is 5.82 Å². The van der Waals surface area contributed by atoms with Crippen molar-refractivity contribution in [3.05, 3.63) is 76.7 Å². The number of halogens is 2. The summed E-state index contributed by atoms with van der Waals surface area (Å²) in [5.74, 6) is -0.794. The zero-order valence-corrected chi connectivity index (χ0v) is 18.2. The van der Waals surface area contributed by atoms with Gasteiger partial charge in [-0.25, -0.2) is 14.4 Å². The Hall–Kier alpha value is -3.07. The monoisotopic (exact) mass is 458 g/mol. The molecule has 168 valence electrons. The van der Waals surface area contributed by atoms with Gasteiger partial charge in [-0.1, -0.05) is 42.8 Å². The van der Waals surface area contributed by atoms with E-state index in [9.17, 15) is 19.4 Å². The number of nitrogens with one attached hydrogen (secondary N) is 2. The van der Waals surface area contributed by atoms with E-state index in [0.29, 0.717) is 28.1 Å². The first-order chi connectivity index (χ1) is 15.4. The van der Waals surface area contributed by atoms with Crippen molar-refractivity contribution in [2.45, 2.75) is 25.4 Å².